The number of rotatable bonds is 0. The topological polar surface area (TPSA) is 0 Å². The smallest absolute Gasteiger partial charge is 0 e. The summed E-state index contributed by atoms with van der Waals surface area (Å²) in [5.74, 6) is 2.88. The molecule has 0 aromatic carbocycles. The van der Waals surface area contributed by atoms with Crippen LogP contribution in [0, 0.1) is 41.9 Å². The zero-order valence-electron chi connectivity index (χ0n) is 12.3. The van der Waals surface area contributed by atoms with Crippen LogP contribution in [0.4, 0.5) is 0 Å². The third-order valence-corrected chi connectivity index (χ3v) is 18.7. The van der Waals surface area contributed by atoms with Crippen molar-refractivity contribution in [2.75, 3.05) is 0 Å². The van der Waals surface area contributed by atoms with E-state index >= 15 is 0 Å². The maximum Gasteiger partial charge on any atom is 0 e. The van der Waals surface area contributed by atoms with E-state index in [0.717, 1.165) is 0 Å². The van der Waals surface area contributed by atoms with Gasteiger partial charge in [-0.05, 0) is 41.9 Å². The molecule has 19 heavy (non-hydrogen) atoms. The fourth-order valence-corrected chi connectivity index (χ4v) is 23.1. The van der Waals surface area contributed by atoms with E-state index in [0.29, 0.717) is 0 Å². The van der Waals surface area contributed by atoms with Crippen molar-refractivity contribution in [2.45, 2.75) is 41.5 Å². The second-order valence-electron chi connectivity index (χ2n) is 6.34. The molecule has 0 nitrogen and oxygen atoms in total. The Morgan fingerprint density at radius 3 is 1.05 bits per heavy atom. The molecule has 2 fully saturated rings. The summed E-state index contributed by atoms with van der Waals surface area (Å²) in [5.41, 5.74) is 0.562. The van der Waals surface area contributed by atoms with Gasteiger partial charge in [-0.15, -0.1) is 0 Å². The maximum atomic E-state index is 2.33. The van der Waals surface area contributed by atoms with Gasteiger partial charge in [-0.3, -0.25) is 0 Å². The van der Waals surface area contributed by atoms with Crippen molar-refractivity contribution >= 4 is 39.8 Å². The molecule has 1 aliphatic heterocycles. The summed E-state index contributed by atoms with van der Waals surface area (Å²) in [7, 11) is 8.06. The third kappa shape index (κ3) is 8.77. The molecule has 10 radical (unpaired) electrons. The van der Waals surface area contributed by atoms with Crippen LogP contribution in [0.25, 0.3) is 0 Å². The average Bonchev–Trinajstić information content (AvgIpc) is 2.91. The van der Waals surface area contributed by atoms with Crippen LogP contribution in [-0.2, 0) is 17.1 Å². The molecule has 2 rings (SSSR count). The summed E-state index contributed by atoms with van der Waals surface area (Å²) in [4.78, 5) is 0. The van der Waals surface area contributed by atoms with Crippen LogP contribution in [0.1, 0.15) is 41.5 Å². The Hall–Kier alpha value is 2.67. The molecule has 1 aliphatic carbocycles. The van der Waals surface area contributed by atoms with E-state index in [1.54, 1.807) is 39.8 Å². The molecule has 1 heterocycles. The minimum atomic E-state index is 0. The van der Waals surface area contributed by atoms with Crippen molar-refractivity contribution in [1.29, 1.82) is 0 Å². The summed E-state index contributed by atoms with van der Waals surface area (Å²) < 4.78 is 0. The second kappa shape index (κ2) is 9.73. The van der Waals surface area contributed by atoms with E-state index < -0.39 is 0 Å². The summed E-state index contributed by atoms with van der Waals surface area (Å²) in [6, 6.07) is 0. The standard InChI is InChI=1S/C13H21.Fe.P5/c1-12(2,3)10-7-8-11(9-10)13(4,5)6;;1-2-4-5-3-1/h7-9H,1-6H3;;. The van der Waals surface area contributed by atoms with Crippen LogP contribution in [0.15, 0.2) is 0 Å². The fraction of sp³-hybridized carbons (Fsp3) is 0.615. The average molecular weight is 388 g/mol. The van der Waals surface area contributed by atoms with Crippen LogP contribution in [-0.4, -0.2) is 0 Å². The summed E-state index contributed by atoms with van der Waals surface area (Å²) in [6.45, 7) is 13.6. The first-order chi connectivity index (χ1) is 8.21. The van der Waals surface area contributed by atoms with Gasteiger partial charge in [0.15, 0.2) is 0 Å². The third-order valence-electron chi connectivity index (χ3n) is 2.69. The molecular weight excluding hydrogens is 367 g/mol. The van der Waals surface area contributed by atoms with Crippen LogP contribution in [0.5, 0.6) is 0 Å². The zero-order valence-corrected chi connectivity index (χ0v) is 17.9. The summed E-state index contributed by atoms with van der Waals surface area (Å²) in [6.07, 6.45) is 6.83. The Morgan fingerprint density at radius 2 is 0.895 bits per heavy atom. The Morgan fingerprint density at radius 1 is 0.632 bits per heavy atom. The van der Waals surface area contributed by atoms with Crippen molar-refractivity contribution in [2.24, 2.45) is 10.8 Å². The predicted octanol–water partition coefficient (Wildman–Crippen LogP) is 8.16. The van der Waals surface area contributed by atoms with Crippen molar-refractivity contribution in [3.63, 3.8) is 0 Å². The van der Waals surface area contributed by atoms with Gasteiger partial charge in [-0.25, -0.2) is 0 Å². The molecule has 0 N–H and O–H groups in total. The normalized spacial score (nSPS) is 28.1. The molecule has 0 bridgehead atoms. The molecule has 0 aromatic rings. The first-order valence-electron chi connectivity index (χ1n) is 5.99. The van der Waals surface area contributed by atoms with Gasteiger partial charge in [-0.2, -0.15) is 0 Å². The van der Waals surface area contributed by atoms with E-state index in [2.05, 4.69) is 60.8 Å². The minimum absolute atomic E-state index is 0. The molecule has 1 saturated carbocycles. The van der Waals surface area contributed by atoms with Crippen LogP contribution in [0.3, 0.4) is 0 Å². The van der Waals surface area contributed by atoms with Crippen molar-refractivity contribution in [1.82, 2.24) is 0 Å². The van der Waals surface area contributed by atoms with Gasteiger partial charge in [-0.1, -0.05) is 41.5 Å². The van der Waals surface area contributed by atoms with E-state index in [9.17, 15) is 0 Å². The van der Waals surface area contributed by atoms with Gasteiger partial charge in [0.1, 0.15) is 0 Å². The van der Waals surface area contributed by atoms with Crippen LogP contribution in [0.2, 0.25) is 0 Å². The van der Waals surface area contributed by atoms with Crippen LogP contribution >= 0.6 is 39.8 Å². The predicted molar refractivity (Wildman–Crippen MR) is 92.9 cm³/mol. The molecule has 0 spiro atoms. The molecular formula is C13H21FeP5. The van der Waals surface area contributed by atoms with Gasteiger partial charge in [0.05, 0.1) is 0 Å². The fourth-order valence-electron chi connectivity index (χ4n) is 1.47. The molecule has 0 unspecified atom stereocenters. The number of hydrogen-bond acceptors (Lipinski definition) is 0. The van der Waals surface area contributed by atoms with Gasteiger partial charge in [0, 0.05) is 56.9 Å². The Balaban J connectivity index is 0.000000454. The van der Waals surface area contributed by atoms with Gasteiger partial charge in [0.2, 0.25) is 0 Å². The second-order valence-corrected chi connectivity index (χ2v) is 18.0. The van der Waals surface area contributed by atoms with E-state index in [4.69, 9.17) is 0 Å². The zero-order chi connectivity index (χ0) is 13.8. The molecule has 0 amide bonds. The first-order valence-corrected chi connectivity index (χ1v) is 14.0. The van der Waals surface area contributed by atoms with Crippen LogP contribution < -0.4 is 0 Å². The maximum absolute atomic E-state index is 2.33. The van der Waals surface area contributed by atoms with Gasteiger partial charge < -0.3 is 0 Å². The molecule has 0 atom stereocenters. The summed E-state index contributed by atoms with van der Waals surface area (Å²) >= 11 is 0. The van der Waals surface area contributed by atoms with Gasteiger partial charge >= 0.3 is 0 Å². The Bertz CT molecular complexity index is 215. The molecule has 2 aliphatic rings. The van der Waals surface area contributed by atoms with Crippen molar-refractivity contribution in [3.05, 3.63) is 31.1 Å². The van der Waals surface area contributed by atoms with E-state index in [-0.39, 0.29) is 27.9 Å². The monoisotopic (exact) mass is 388 g/mol. The van der Waals surface area contributed by atoms with Crippen molar-refractivity contribution in [3.8, 4) is 0 Å². The largest absolute Gasteiger partial charge is 0.0596 e. The Labute approximate surface area is 140 Å². The molecule has 6 heteroatoms. The SMILES string of the molecule is CC(C)(C)[C]1[CH][CH][C](C(C)(C)C)[CH]1.[Fe].[P]1[P][P][P][P]1. The first kappa shape index (κ1) is 21.7. The van der Waals surface area contributed by atoms with E-state index in [1.165, 1.54) is 11.8 Å². The summed E-state index contributed by atoms with van der Waals surface area (Å²) in [5, 5.41) is 0. The minimum Gasteiger partial charge on any atom is -0.0596 e. The quantitative estimate of drug-likeness (QED) is 0.290. The molecule has 0 aromatic heterocycles. The number of hydrogen-bond donors (Lipinski definition) is 0. The molecule has 106 valence electrons. The Kier molecular flexibility index (Phi) is 11.1. The molecule has 1 saturated heterocycles. The van der Waals surface area contributed by atoms with E-state index in [1.807, 2.05) is 0 Å². The van der Waals surface area contributed by atoms with Crippen molar-refractivity contribution < 1.29 is 17.1 Å². The van der Waals surface area contributed by atoms with Gasteiger partial charge in [0.25, 0.3) is 0 Å².